The molecule has 0 bridgehead atoms. The van der Waals surface area contributed by atoms with Crippen LogP contribution in [0.5, 0.6) is 5.75 Å². The van der Waals surface area contributed by atoms with E-state index in [0.29, 0.717) is 22.3 Å². The van der Waals surface area contributed by atoms with Crippen molar-refractivity contribution in [3.05, 3.63) is 69.0 Å². The molecule has 0 spiro atoms. The third-order valence-corrected chi connectivity index (χ3v) is 4.74. The number of rotatable bonds is 6. The molecule has 2 aromatic carbocycles. The number of hydrogen-bond acceptors (Lipinski definition) is 4. The summed E-state index contributed by atoms with van der Waals surface area (Å²) in [5, 5.41) is 6.71. The standard InChI is InChI=1S/C18H14Cl2N2O2S/c19-13-7-5-12(6-8-13)15-11-25-18(22-15)9-21-17(23)10-24-16-4-2-1-3-14(16)20/h1-8,11H,9-10H2,(H,21,23). The predicted molar refractivity (Wildman–Crippen MR) is 101 cm³/mol. The fourth-order valence-corrected chi connectivity index (χ4v) is 3.13. The number of benzene rings is 2. The lowest BCUT2D eigenvalue weighted by atomic mass is 10.2. The largest absolute Gasteiger partial charge is 0.482 e. The fraction of sp³-hybridized carbons (Fsp3) is 0.111. The molecule has 4 nitrogen and oxygen atoms in total. The zero-order chi connectivity index (χ0) is 17.6. The van der Waals surface area contributed by atoms with Gasteiger partial charge in [-0.1, -0.05) is 47.5 Å². The van der Waals surface area contributed by atoms with Gasteiger partial charge in [0, 0.05) is 16.0 Å². The van der Waals surface area contributed by atoms with E-state index in [1.807, 2.05) is 29.6 Å². The first-order valence-electron chi connectivity index (χ1n) is 7.46. The molecule has 0 aliphatic heterocycles. The summed E-state index contributed by atoms with van der Waals surface area (Å²) in [7, 11) is 0. The maximum Gasteiger partial charge on any atom is 0.258 e. The van der Waals surface area contributed by atoms with Crippen LogP contribution < -0.4 is 10.1 Å². The van der Waals surface area contributed by atoms with Gasteiger partial charge in [0.15, 0.2) is 6.61 Å². The average molecular weight is 393 g/mol. The molecule has 0 fully saturated rings. The SMILES string of the molecule is O=C(COc1ccccc1Cl)NCc1nc(-c2ccc(Cl)cc2)cs1. The first-order chi connectivity index (χ1) is 12.1. The zero-order valence-electron chi connectivity index (χ0n) is 13.0. The molecule has 1 N–H and O–H groups in total. The third kappa shape index (κ3) is 4.95. The highest BCUT2D eigenvalue weighted by Crippen LogP contribution is 2.24. The van der Waals surface area contributed by atoms with Crippen molar-refractivity contribution in [2.75, 3.05) is 6.61 Å². The van der Waals surface area contributed by atoms with Crippen LogP contribution in [-0.2, 0) is 11.3 Å². The van der Waals surface area contributed by atoms with Crippen LogP contribution in [0.15, 0.2) is 53.9 Å². The third-order valence-electron chi connectivity index (χ3n) is 3.32. The summed E-state index contributed by atoms with van der Waals surface area (Å²) in [4.78, 5) is 16.4. The van der Waals surface area contributed by atoms with E-state index in [4.69, 9.17) is 27.9 Å². The van der Waals surface area contributed by atoms with Crippen molar-refractivity contribution in [3.63, 3.8) is 0 Å². The van der Waals surface area contributed by atoms with Gasteiger partial charge in [-0.3, -0.25) is 4.79 Å². The van der Waals surface area contributed by atoms with Gasteiger partial charge < -0.3 is 10.1 Å². The maximum absolute atomic E-state index is 11.9. The van der Waals surface area contributed by atoms with E-state index in [1.54, 1.807) is 24.3 Å². The fourth-order valence-electron chi connectivity index (χ4n) is 2.08. The summed E-state index contributed by atoms with van der Waals surface area (Å²) >= 11 is 13.4. The lowest BCUT2D eigenvalue weighted by molar-refractivity contribution is -0.123. The van der Waals surface area contributed by atoms with Gasteiger partial charge in [-0.05, 0) is 24.3 Å². The van der Waals surface area contributed by atoms with Crippen LogP contribution in [0.1, 0.15) is 5.01 Å². The summed E-state index contributed by atoms with van der Waals surface area (Å²) in [5.74, 6) is 0.252. The number of nitrogens with zero attached hydrogens (tertiary/aromatic N) is 1. The van der Waals surface area contributed by atoms with Crippen LogP contribution in [0.25, 0.3) is 11.3 Å². The molecule has 0 saturated carbocycles. The Kier molecular flexibility index (Phi) is 5.91. The van der Waals surface area contributed by atoms with Gasteiger partial charge >= 0.3 is 0 Å². The van der Waals surface area contributed by atoms with Crippen molar-refractivity contribution in [1.29, 1.82) is 0 Å². The lowest BCUT2D eigenvalue weighted by Crippen LogP contribution is -2.28. The molecule has 0 atom stereocenters. The van der Waals surface area contributed by atoms with Gasteiger partial charge in [0.1, 0.15) is 10.8 Å². The van der Waals surface area contributed by atoms with E-state index in [1.165, 1.54) is 11.3 Å². The molecule has 0 aliphatic rings. The minimum absolute atomic E-state index is 0.0981. The summed E-state index contributed by atoms with van der Waals surface area (Å²) in [5.41, 5.74) is 1.85. The zero-order valence-corrected chi connectivity index (χ0v) is 15.4. The van der Waals surface area contributed by atoms with Crippen LogP contribution in [0.3, 0.4) is 0 Å². The summed E-state index contributed by atoms with van der Waals surface area (Å²) in [6, 6.07) is 14.5. The number of carbonyl (C=O) groups excluding carboxylic acids is 1. The van der Waals surface area contributed by atoms with Crippen LogP contribution in [0.4, 0.5) is 0 Å². The molecular formula is C18H14Cl2N2O2S. The minimum Gasteiger partial charge on any atom is -0.482 e. The maximum atomic E-state index is 11.9. The number of thiazole rings is 1. The molecule has 128 valence electrons. The molecular weight excluding hydrogens is 379 g/mol. The second kappa shape index (κ2) is 8.34. The van der Waals surface area contributed by atoms with Crippen molar-refractivity contribution >= 4 is 40.4 Å². The van der Waals surface area contributed by atoms with E-state index < -0.39 is 0 Å². The van der Waals surface area contributed by atoms with Gasteiger partial charge in [0.25, 0.3) is 5.91 Å². The smallest absolute Gasteiger partial charge is 0.258 e. The summed E-state index contributed by atoms with van der Waals surface area (Å²) in [6.07, 6.45) is 0. The first kappa shape index (κ1) is 17.7. The summed E-state index contributed by atoms with van der Waals surface area (Å²) < 4.78 is 5.40. The van der Waals surface area contributed by atoms with Gasteiger partial charge in [0.05, 0.1) is 17.3 Å². The number of para-hydroxylation sites is 1. The molecule has 0 unspecified atom stereocenters. The Balaban J connectivity index is 1.51. The van der Waals surface area contributed by atoms with Crippen LogP contribution in [-0.4, -0.2) is 17.5 Å². The van der Waals surface area contributed by atoms with Crippen molar-refractivity contribution < 1.29 is 9.53 Å². The highest BCUT2D eigenvalue weighted by molar-refractivity contribution is 7.09. The van der Waals surface area contributed by atoms with E-state index in [2.05, 4.69) is 10.3 Å². The monoisotopic (exact) mass is 392 g/mol. The second-order valence-corrected chi connectivity index (χ2v) is 6.92. The van der Waals surface area contributed by atoms with Crippen molar-refractivity contribution in [3.8, 4) is 17.0 Å². The molecule has 1 aromatic heterocycles. The van der Waals surface area contributed by atoms with E-state index in [9.17, 15) is 4.79 Å². The number of aromatic nitrogens is 1. The lowest BCUT2D eigenvalue weighted by Gasteiger charge is -2.07. The van der Waals surface area contributed by atoms with Crippen LogP contribution in [0.2, 0.25) is 10.0 Å². The number of amides is 1. The Morgan fingerprint density at radius 3 is 2.64 bits per heavy atom. The van der Waals surface area contributed by atoms with Crippen LogP contribution >= 0.6 is 34.5 Å². The molecule has 0 aliphatic carbocycles. The Morgan fingerprint density at radius 2 is 1.88 bits per heavy atom. The normalized spacial score (nSPS) is 10.5. The van der Waals surface area contributed by atoms with Gasteiger partial charge in [-0.15, -0.1) is 11.3 Å². The number of hydrogen-bond donors (Lipinski definition) is 1. The molecule has 0 radical (unpaired) electrons. The van der Waals surface area contributed by atoms with Crippen molar-refractivity contribution in [1.82, 2.24) is 10.3 Å². The number of carbonyl (C=O) groups is 1. The van der Waals surface area contributed by atoms with Gasteiger partial charge in [-0.2, -0.15) is 0 Å². The van der Waals surface area contributed by atoms with E-state index in [-0.39, 0.29) is 12.5 Å². The molecule has 3 rings (SSSR count). The molecule has 7 heteroatoms. The number of ether oxygens (including phenoxy) is 1. The van der Waals surface area contributed by atoms with E-state index in [0.717, 1.165) is 16.3 Å². The second-order valence-electron chi connectivity index (χ2n) is 5.13. The number of nitrogens with one attached hydrogen (secondary N) is 1. The van der Waals surface area contributed by atoms with Gasteiger partial charge in [-0.25, -0.2) is 4.98 Å². The van der Waals surface area contributed by atoms with Crippen LogP contribution in [0, 0.1) is 0 Å². The topological polar surface area (TPSA) is 51.2 Å². The Morgan fingerprint density at radius 1 is 1.12 bits per heavy atom. The first-order valence-corrected chi connectivity index (χ1v) is 9.10. The quantitative estimate of drug-likeness (QED) is 0.654. The Hall–Kier alpha value is -2.08. The minimum atomic E-state index is -0.233. The Labute approximate surface area is 159 Å². The van der Waals surface area contributed by atoms with Crippen molar-refractivity contribution in [2.24, 2.45) is 0 Å². The number of halogens is 2. The Bertz CT molecular complexity index is 866. The highest BCUT2D eigenvalue weighted by atomic mass is 35.5. The molecule has 3 aromatic rings. The highest BCUT2D eigenvalue weighted by Gasteiger charge is 2.08. The molecule has 25 heavy (non-hydrogen) atoms. The summed E-state index contributed by atoms with van der Waals surface area (Å²) in [6.45, 7) is 0.252. The van der Waals surface area contributed by atoms with Gasteiger partial charge in [0.2, 0.25) is 0 Å². The van der Waals surface area contributed by atoms with E-state index >= 15 is 0 Å². The molecule has 0 saturated heterocycles. The average Bonchev–Trinajstić information content (AvgIpc) is 3.09. The molecule has 1 amide bonds. The van der Waals surface area contributed by atoms with Crippen molar-refractivity contribution in [2.45, 2.75) is 6.54 Å². The molecule has 1 heterocycles. The predicted octanol–water partition coefficient (Wildman–Crippen LogP) is 4.81.